The van der Waals surface area contributed by atoms with Gasteiger partial charge in [-0.2, -0.15) is 0 Å². The molecule has 0 aliphatic rings. The molecule has 212 valence electrons. The number of hydrogen-bond acceptors (Lipinski definition) is 9. The molecule has 0 aromatic heterocycles. The third-order valence-corrected chi connectivity index (χ3v) is 5.59. The first-order valence-electron chi connectivity index (χ1n) is 13.4. The summed E-state index contributed by atoms with van der Waals surface area (Å²) >= 11 is 0. The lowest BCUT2D eigenvalue weighted by Crippen LogP contribution is -2.34. The molecule has 4 atom stereocenters. The van der Waals surface area contributed by atoms with Crippen LogP contribution in [0.1, 0.15) is 71.1 Å². The molecule has 0 radical (unpaired) electrons. The molecule has 0 aliphatic carbocycles. The van der Waals surface area contributed by atoms with E-state index in [0.717, 1.165) is 13.0 Å². The van der Waals surface area contributed by atoms with E-state index in [0.29, 0.717) is 13.2 Å². The summed E-state index contributed by atoms with van der Waals surface area (Å²) in [5, 5.41) is 28.1. The first kappa shape index (κ1) is 34.6. The van der Waals surface area contributed by atoms with Crippen molar-refractivity contribution in [2.24, 2.45) is 0 Å². The Labute approximate surface area is 213 Å². The van der Waals surface area contributed by atoms with Crippen molar-refractivity contribution in [1.29, 1.82) is 0 Å². The van der Waals surface area contributed by atoms with Gasteiger partial charge in [0.05, 0.1) is 52.9 Å². The van der Waals surface area contributed by atoms with Crippen molar-refractivity contribution in [3.8, 4) is 0 Å². The third kappa shape index (κ3) is 23.8. The van der Waals surface area contributed by atoms with E-state index in [-0.39, 0.29) is 45.7 Å². The fourth-order valence-electron chi connectivity index (χ4n) is 3.44. The zero-order valence-electron chi connectivity index (χ0n) is 22.5. The average molecular weight is 511 g/mol. The molecule has 0 rings (SSSR count). The Bertz CT molecular complexity index is 414. The number of aliphatic hydroxyl groups excluding tert-OH is 3. The normalized spacial score (nSPS) is 15.3. The second-order valence-corrected chi connectivity index (χ2v) is 9.09. The van der Waals surface area contributed by atoms with Crippen LogP contribution in [0, 0.1) is 0 Å². The molecule has 9 heteroatoms. The maximum Gasteiger partial charge on any atom is 0.104 e. The SMILES string of the molecule is CCCCCCCCCCCCOCC(COCC(COCC(O)CO)OCC(O)COC)OC. The lowest BCUT2D eigenvalue weighted by Gasteiger charge is -2.22. The third-order valence-electron chi connectivity index (χ3n) is 5.59. The van der Waals surface area contributed by atoms with Gasteiger partial charge < -0.3 is 43.7 Å². The summed E-state index contributed by atoms with van der Waals surface area (Å²) in [6.07, 6.45) is 10.6. The molecule has 0 amide bonds. The van der Waals surface area contributed by atoms with E-state index < -0.39 is 18.3 Å². The van der Waals surface area contributed by atoms with E-state index in [1.165, 1.54) is 64.9 Å². The monoisotopic (exact) mass is 510 g/mol. The highest BCUT2D eigenvalue weighted by atomic mass is 16.6. The van der Waals surface area contributed by atoms with E-state index >= 15 is 0 Å². The first-order chi connectivity index (χ1) is 17.1. The quantitative estimate of drug-likeness (QED) is 0.137. The highest BCUT2D eigenvalue weighted by Gasteiger charge is 2.16. The Morgan fingerprint density at radius 1 is 0.571 bits per heavy atom. The van der Waals surface area contributed by atoms with E-state index in [9.17, 15) is 10.2 Å². The lowest BCUT2D eigenvalue weighted by atomic mass is 10.1. The molecule has 0 heterocycles. The number of methoxy groups -OCH3 is 2. The fraction of sp³-hybridized carbons (Fsp3) is 1.00. The second-order valence-electron chi connectivity index (χ2n) is 9.09. The largest absolute Gasteiger partial charge is 0.394 e. The van der Waals surface area contributed by atoms with Gasteiger partial charge in [0, 0.05) is 20.8 Å². The molecule has 0 fully saturated rings. The van der Waals surface area contributed by atoms with Gasteiger partial charge in [-0.15, -0.1) is 0 Å². The van der Waals surface area contributed by atoms with Crippen molar-refractivity contribution < 1.29 is 43.7 Å². The molecule has 0 bridgehead atoms. The molecule has 9 nitrogen and oxygen atoms in total. The minimum absolute atomic E-state index is 0.00944. The van der Waals surface area contributed by atoms with Crippen LogP contribution in [0.2, 0.25) is 0 Å². The average Bonchev–Trinajstić information content (AvgIpc) is 2.86. The maximum atomic E-state index is 9.80. The van der Waals surface area contributed by atoms with Crippen molar-refractivity contribution >= 4 is 0 Å². The molecule has 4 unspecified atom stereocenters. The van der Waals surface area contributed by atoms with Crippen molar-refractivity contribution in [2.45, 2.75) is 95.5 Å². The lowest BCUT2D eigenvalue weighted by molar-refractivity contribution is -0.111. The highest BCUT2D eigenvalue weighted by Crippen LogP contribution is 2.10. The Morgan fingerprint density at radius 2 is 1.11 bits per heavy atom. The minimum atomic E-state index is -0.943. The van der Waals surface area contributed by atoms with Gasteiger partial charge in [0.2, 0.25) is 0 Å². The van der Waals surface area contributed by atoms with Crippen LogP contribution in [0.15, 0.2) is 0 Å². The summed E-state index contributed by atoms with van der Waals surface area (Å²) in [5.74, 6) is 0. The molecule has 35 heavy (non-hydrogen) atoms. The number of rotatable bonds is 28. The van der Waals surface area contributed by atoms with Crippen molar-refractivity contribution in [2.75, 3.05) is 73.7 Å². The van der Waals surface area contributed by atoms with Crippen LogP contribution in [-0.2, 0) is 28.4 Å². The van der Waals surface area contributed by atoms with Gasteiger partial charge in [-0.1, -0.05) is 64.7 Å². The van der Waals surface area contributed by atoms with Gasteiger partial charge in [-0.3, -0.25) is 0 Å². The van der Waals surface area contributed by atoms with Gasteiger partial charge in [0.1, 0.15) is 24.4 Å². The van der Waals surface area contributed by atoms with Crippen LogP contribution in [-0.4, -0.2) is 113 Å². The predicted molar refractivity (Wildman–Crippen MR) is 136 cm³/mol. The van der Waals surface area contributed by atoms with Crippen LogP contribution in [0.5, 0.6) is 0 Å². The Balaban J connectivity index is 3.95. The van der Waals surface area contributed by atoms with Crippen LogP contribution < -0.4 is 0 Å². The molecule has 0 spiro atoms. The molecular formula is C26H54O9. The Kier molecular flexibility index (Phi) is 26.4. The smallest absolute Gasteiger partial charge is 0.104 e. The van der Waals surface area contributed by atoms with Gasteiger partial charge >= 0.3 is 0 Å². The van der Waals surface area contributed by atoms with Crippen molar-refractivity contribution in [3.63, 3.8) is 0 Å². The molecular weight excluding hydrogens is 456 g/mol. The number of aliphatic hydroxyl groups is 3. The molecule has 3 N–H and O–H groups in total. The van der Waals surface area contributed by atoms with Gasteiger partial charge in [-0.05, 0) is 6.42 Å². The van der Waals surface area contributed by atoms with Crippen LogP contribution in [0.3, 0.4) is 0 Å². The molecule has 0 saturated heterocycles. The van der Waals surface area contributed by atoms with E-state index in [4.69, 9.17) is 33.5 Å². The summed E-state index contributed by atoms with van der Waals surface area (Å²) < 4.78 is 32.9. The molecule has 0 aliphatic heterocycles. The zero-order valence-corrected chi connectivity index (χ0v) is 22.5. The standard InChI is InChI=1S/C26H54O9/c1-4-5-6-7-8-9-10-11-12-13-14-32-19-25(31-3)20-34-22-26(21-33-17-23(28)15-27)35-18-24(29)16-30-2/h23-29H,4-22H2,1-3H3. The van der Waals surface area contributed by atoms with Crippen LogP contribution in [0.25, 0.3) is 0 Å². The number of unbranched alkanes of at least 4 members (excludes halogenated alkanes) is 9. The topological polar surface area (TPSA) is 116 Å². The molecule has 0 aromatic carbocycles. The second kappa shape index (κ2) is 26.7. The number of hydrogen-bond donors (Lipinski definition) is 3. The zero-order chi connectivity index (χ0) is 26.0. The van der Waals surface area contributed by atoms with Gasteiger partial charge in [0.25, 0.3) is 0 Å². The minimum Gasteiger partial charge on any atom is -0.394 e. The first-order valence-corrected chi connectivity index (χ1v) is 13.4. The summed E-state index contributed by atoms with van der Waals surface area (Å²) in [5.41, 5.74) is 0. The van der Waals surface area contributed by atoms with Crippen LogP contribution >= 0.6 is 0 Å². The predicted octanol–water partition coefficient (Wildman–Crippen LogP) is 2.72. The Hall–Kier alpha value is -0.360. The molecule has 0 saturated carbocycles. The van der Waals surface area contributed by atoms with Gasteiger partial charge in [0.15, 0.2) is 0 Å². The molecule has 0 aromatic rings. The van der Waals surface area contributed by atoms with Crippen molar-refractivity contribution in [3.05, 3.63) is 0 Å². The summed E-state index contributed by atoms with van der Waals surface area (Å²) in [6, 6.07) is 0. The van der Waals surface area contributed by atoms with E-state index in [1.54, 1.807) is 7.11 Å². The van der Waals surface area contributed by atoms with Crippen molar-refractivity contribution in [1.82, 2.24) is 0 Å². The highest BCUT2D eigenvalue weighted by molar-refractivity contribution is 4.62. The summed E-state index contributed by atoms with van der Waals surface area (Å²) in [6.45, 7) is 4.02. The van der Waals surface area contributed by atoms with Gasteiger partial charge in [-0.25, -0.2) is 0 Å². The van der Waals surface area contributed by atoms with E-state index in [1.807, 2.05) is 0 Å². The Morgan fingerprint density at radius 3 is 1.69 bits per heavy atom. The maximum absolute atomic E-state index is 9.80. The fourth-order valence-corrected chi connectivity index (χ4v) is 3.44. The van der Waals surface area contributed by atoms with Crippen LogP contribution in [0.4, 0.5) is 0 Å². The van der Waals surface area contributed by atoms with E-state index in [2.05, 4.69) is 6.92 Å². The number of ether oxygens (including phenoxy) is 6. The summed E-state index contributed by atoms with van der Waals surface area (Å²) in [7, 11) is 3.14. The summed E-state index contributed by atoms with van der Waals surface area (Å²) in [4.78, 5) is 0.